The molecular formula is C33H34N6O2. The molecule has 1 N–H and O–H groups in total. The van der Waals surface area contributed by atoms with Gasteiger partial charge in [0.2, 0.25) is 0 Å². The molecule has 0 saturated carbocycles. The lowest BCUT2D eigenvalue weighted by Crippen LogP contribution is -2.46. The Hall–Kier alpha value is -4.48. The van der Waals surface area contributed by atoms with Crippen LogP contribution in [-0.4, -0.2) is 65.1 Å². The summed E-state index contributed by atoms with van der Waals surface area (Å²) in [7, 11) is 0. The van der Waals surface area contributed by atoms with Gasteiger partial charge in [-0.3, -0.25) is 9.78 Å². The van der Waals surface area contributed by atoms with Gasteiger partial charge in [-0.15, -0.1) is 5.92 Å². The lowest BCUT2D eigenvalue weighted by atomic mass is 9.92. The Morgan fingerprint density at radius 1 is 1.05 bits per heavy atom. The number of benzene rings is 1. The van der Waals surface area contributed by atoms with Gasteiger partial charge in [-0.1, -0.05) is 36.8 Å². The smallest absolute Gasteiger partial charge is 0.143 e. The molecule has 8 heteroatoms. The van der Waals surface area contributed by atoms with Crippen LogP contribution in [0.1, 0.15) is 24.6 Å². The van der Waals surface area contributed by atoms with E-state index in [0.717, 1.165) is 83.2 Å². The minimum atomic E-state index is 0.148. The molecule has 0 amide bonds. The molecule has 0 radical (unpaired) electrons. The zero-order chi connectivity index (χ0) is 28.2. The van der Waals surface area contributed by atoms with E-state index in [1.807, 2.05) is 31.2 Å². The van der Waals surface area contributed by atoms with E-state index in [-0.39, 0.29) is 5.78 Å². The van der Waals surface area contributed by atoms with Crippen molar-refractivity contribution >= 4 is 28.3 Å². The van der Waals surface area contributed by atoms with E-state index < -0.39 is 0 Å². The molecule has 2 fully saturated rings. The van der Waals surface area contributed by atoms with Gasteiger partial charge >= 0.3 is 0 Å². The van der Waals surface area contributed by atoms with Crippen LogP contribution in [0.5, 0.6) is 0 Å². The highest BCUT2D eigenvalue weighted by atomic mass is 16.5. The summed E-state index contributed by atoms with van der Waals surface area (Å²) in [6.45, 7) is 10.9. The fourth-order valence-corrected chi connectivity index (χ4v) is 5.65. The van der Waals surface area contributed by atoms with Crippen LogP contribution in [0.2, 0.25) is 0 Å². The van der Waals surface area contributed by atoms with Crippen molar-refractivity contribution in [2.75, 3.05) is 49.2 Å². The number of ether oxygens (including phenoxy) is 1. The van der Waals surface area contributed by atoms with E-state index in [0.29, 0.717) is 32.0 Å². The van der Waals surface area contributed by atoms with Crippen LogP contribution in [0.4, 0.5) is 11.5 Å². The van der Waals surface area contributed by atoms with Crippen LogP contribution >= 0.6 is 0 Å². The number of nitrogens with one attached hydrogen (secondary N) is 1. The number of rotatable bonds is 9. The fourth-order valence-electron chi connectivity index (χ4n) is 5.65. The predicted molar refractivity (Wildman–Crippen MR) is 162 cm³/mol. The first-order valence-electron chi connectivity index (χ1n) is 14.1. The van der Waals surface area contributed by atoms with Crippen LogP contribution in [0.15, 0.2) is 67.1 Å². The number of hydrogen-bond acceptors (Lipinski definition) is 7. The number of aromatic amines is 1. The number of H-pyrrole nitrogens is 1. The molecule has 0 aliphatic carbocycles. The highest BCUT2D eigenvalue weighted by Crippen LogP contribution is 2.30. The number of ketones is 1. The molecule has 6 rings (SSSR count). The number of morpholine rings is 1. The largest absolute Gasteiger partial charge is 0.378 e. The predicted octanol–water partition coefficient (Wildman–Crippen LogP) is 4.62. The quantitative estimate of drug-likeness (QED) is 0.307. The Balaban J connectivity index is 1.06. The Morgan fingerprint density at radius 2 is 1.85 bits per heavy atom. The topological polar surface area (TPSA) is 87.2 Å². The molecule has 5 heterocycles. The van der Waals surface area contributed by atoms with Crippen LogP contribution in [0, 0.1) is 17.8 Å². The Bertz CT molecular complexity index is 1620. The van der Waals surface area contributed by atoms with Crippen molar-refractivity contribution in [3.63, 3.8) is 0 Å². The molecule has 3 aromatic heterocycles. The molecule has 1 aromatic carbocycles. The molecule has 208 valence electrons. The number of Topliss-reactive ketones (excluding diaryl/α,β-unsaturated/α-hetero) is 1. The first kappa shape index (κ1) is 26.7. The number of fused-ring (bicyclic) bond motifs is 1. The highest BCUT2D eigenvalue weighted by molar-refractivity contribution is 5.92. The van der Waals surface area contributed by atoms with Gasteiger partial charge in [-0.05, 0) is 54.2 Å². The minimum Gasteiger partial charge on any atom is -0.378 e. The van der Waals surface area contributed by atoms with E-state index in [9.17, 15) is 4.79 Å². The second-order valence-corrected chi connectivity index (χ2v) is 10.8. The van der Waals surface area contributed by atoms with E-state index in [1.54, 1.807) is 12.5 Å². The van der Waals surface area contributed by atoms with Gasteiger partial charge in [-0.25, -0.2) is 9.97 Å². The highest BCUT2D eigenvalue weighted by Gasteiger charge is 2.27. The summed E-state index contributed by atoms with van der Waals surface area (Å²) in [6.07, 6.45) is 5.04. The van der Waals surface area contributed by atoms with Gasteiger partial charge in [0.15, 0.2) is 0 Å². The number of aromatic nitrogens is 4. The number of nitrogens with zero attached hydrogens (tertiary/aromatic N) is 5. The minimum absolute atomic E-state index is 0.148. The summed E-state index contributed by atoms with van der Waals surface area (Å²) < 4.78 is 5.49. The molecule has 0 bridgehead atoms. The summed E-state index contributed by atoms with van der Waals surface area (Å²) in [6, 6.07) is 14.3. The van der Waals surface area contributed by atoms with Gasteiger partial charge < -0.3 is 19.5 Å². The summed E-state index contributed by atoms with van der Waals surface area (Å²) in [5.74, 6) is 7.64. The van der Waals surface area contributed by atoms with Crippen LogP contribution < -0.4 is 9.80 Å². The van der Waals surface area contributed by atoms with Crippen molar-refractivity contribution in [1.29, 1.82) is 0 Å². The number of anilines is 2. The second kappa shape index (κ2) is 11.9. The van der Waals surface area contributed by atoms with Gasteiger partial charge in [-0.2, -0.15) is 0 Å². The Kier molecular flexibility index (Phi) is 7.79. The molecule has 2 aliphatic heterocycles. The van der Waals surface area contributed by atoms with Crippen LogP contribution in [0.25, 0.3) is 22.3 Å². The molecule has 0 spiro atoms. The normalized spacial score (nSPS) is 15.3. The zero-order valence-corrected chi connectivity index (χ0v) is 23.4. The van der Waals surface area contributed by atoms with Crippen LogP contribution in [-0.2, 0) is 22.4 Å². The average molecular weight is 547 g/mol. The van der Waals surface area contributed by atoms with Crippen molar-refractivity contribution in [2.24, 2.45) is 5.92 Å². The summed E-state index contributed by atoms with van der Waals surface area (Å²) in [4.78, 5) is 34.4. The number of hydrogen-bond donors (Lipinski definition) is 1. The molecule has 2 aliphatic rings. The Labute approximate surface area is 240 Å². The molecule has 0 unspecified atom stereocenters. The third-order valence-electron chi connectivity index (χ3n) is 7.72. The zero-order valence-electron chi connectivity index (χ0n) is 23.4. The monoisotopic (exact) mass is 546 g/mol. The first-order chi connectivity index (χ1) is 20.1. The molecular weight excluding hydrogens is 512 g/mol. The molecule has 0 atom stereocenters. The SMILES string of the molecule is C=C(C#CC)CC1CN(c2ccnc(CC(=O)Cc3ccc(-c4cc5c(N6CCOCC6)ncnc5[nH]4)cc3)c2)C1. The molecule has 41 heavy (non-hydrogen) atoms. The van der Waals surface area contributed by atoms with Crippen molar-refractivity contribution in [3.8, 4) is 23.1 Å². The van der Waals surface area contributed by atoms with Gasteiger partial charge in [0.05, 0.1) is 18.6 Å². The lowest BCUT2D eigenvalue weighted by molar-refractivity contribution is -0.117. The third-order valence-corrected chi connectivity index (χ3v) is 7.72. The maximum Gasteiger partial charge on any atom is 0.143 e. The second-order valence-electron chi connectivity index (χ2n) is 10.8. The van der Waals surface area contributed by atoms with Crippen molar-refractivity contribution < 1.29 is 9.53 Å². The third kappa shape index (κ3) is 6.16. The molecule has 4 aromatic rings. The maximum atomic E-state index is 12.9. The van der Waals surface area contributed by atoms with Gasteiger partial charge in [0.1, 0.15) is 23.6 Å². The average Bonchev–Trinajstić information content (AvgIpc) is 3.40. The van der Waals surface area contributed by atoms with Crippen molar-refractivity contribution in [3.05, 3.63) is 78.4 Å². The number of pyridine rings is 1. The van der Waals surface area contributed by atoms with E-state index >= 15 is 0 Å². The van der Waals surface area contributed by atoms with Crippen LogP contribution in [0.3, 0.4) is 0 Å². The van der Waals surface area contributed by atoms with Crippen molar-refractivity contribution in [1.82, 2.24) is 19.9 Å². The number of carbonyl (C=O) groups excluding carboxylic acids is 1. The standard InChI is InChI=1S/C33H34N6O2/c1-3-4-23(2)15-25-20-39(21-25)28-9-10-34-27(17-28)18-29(40)16-24-5-7-26(8-6-24)31-19-30-32(37-31)35-22-36-33(30)38-11-13-41-14-12-38/h5-10,17,19,22,25H,2,11-16,18,20-21H2,1H3,(H,35,36,37). The van der Waals surface area contributed by atoms with E-state index in [2.05, 4.69) is 66.4 Å². The maximum absolute atomic E-state index is 12.9. The van der Waals surface area contributed by atoms with Gasteiger partial charge in [0.25, 0.3) is 0 Å². The summed E-state index contributed by atoms with van der Waals surface area (Å²) in [5, 5.41) is 1.00. The van der Waals surface area contributed by atoms with Gasteiger partial charge in [0, 0.05) is 62.3 Å². The molecule has 2 saturated heterocycles. The van der Waals surface area contributed by atoms with E-state index in [1.165, 1.54) is 0 Å². The lowest BCUT2D eigenvalue weighted by Gasteiger charge is -2.41. The Morgan fingerprint density at radius 3 is 2.63 bits per heavy atom. The van der Waals surface area contributed by atoms with Crippen molar-refractivity contribution in [2.45, 2.75) is 26.2 Å². The number of carbonyl (C=O) groups is 1. The number of allylic oxidation sites excluding steroid dienone is 1. The summed E-state index contributed by atoms with van der Waals surface area (Å²) in [5.41, 5.74) is 6.75. The first-order valence-corrected chi connectivity index (χ1v) is 14.1. The van der Waals surface area contributed by atoms with E-state index in [4.69, 9.17) is 4.74 Å². The summed E-state index contributed by atoms with van der Waals surface area (Å²) >= 11 is 0. The molecule has 8 nitrogen and oxygen atoms in total. The fraction of sp³-hybridized carbons (Fsp3) is 0.333.